The van der Waals surface area contributed by atoms with Gasteiger partial charge in [0.25, 0.3) is 11.5 Å². The number of carbonyl (C=O) groups excluding carboxylic acids is 1. The highest BCUT2D eigenvalue weighted by Gasteiger charge is 2.35. The van der Waals surface area contributed by atoms with Crippen molar-refractivity contribution in [2.45, 2.75) is 64.1 Å². The second-order valence-electron chi connectivity index (χ2n) is 9.37. The molecule has 0 bridgehead atoms. The molecule has 180 valence electrons. The van der Waals surface area contributed by atoms with Gasteiger partial charge in [0, 0.05) is 17.8 Å². The van der Waals surface area contributed by atoms with Crippen molar-refractivity contribution in [3.05, 3.63) is 106 Å². The van der Waals surface area contributed by atoms with Gasteiger partial charge in [-0.3, -0.25) is 14.2 Å². The Hall–Kier alpha value is -3.67. The molecule has 5 rings (SSSR count). The maximum atomic E-state index is 14.0. The summed E-state index contributed by atoms with van der Waals surface area (Å²) in [7, 11) is 0. The molecule has 2 heterocycles. The Labute approximate surface area is 205 Å². The summed E-state index contributed by atoms with van der Waals surface area (Å²) in [6.45, 7) is 2.50. The third kappa shape index (κ3) is 4.65. The molecule has 1 unspecified atom stereocenters. The number of hydrogen-bond donors (Lipinski definition) is 0. The van der Waals surface area contributed by atoms with Gasteiger partial charge in [-0.05, 0) is 49.1 Å². The molecule has 1 saturated carbocycles. The van der Waals surface area contributed by atoms with Crippen LogP contribution in [0.25, 0.3) is 5.52 Å². The number of nitrogens with zero attached hydrogens (tertiary/aromatic N) is 4. The molecule has 0 N–H and O–H groups in total. The van der Waals surface area contributed by atoms with Gasteiger partial charge in [0.05, 0.1) is 12.6 Å². The highest BCUT2D eigenvalue weighted by atomic mass is 16.2. The summed E-state index contributed by atoms with van der Waals surface area (Å²) in [6.07, 6.45) is 7.86. The van der Waals surface area contributed by atoms with Gasteiger partial charge in [-0.25, -0.2) is 4.52 Å². The number of amides is 1. The van der Waals surface area contributed by atoms with Crippen LogP contribution in [-0.4, -0.2) is 31.0 Å². The van der Waals surface area contributed by atoms with E-state index in [0.717, 1.165) is 31.2 Å². The molecule has 6 heteroatoms. The van der Waals surface area contributed by atoms with Crippen LogP contribution in [0.5, 0.6) is 0 Å². The fourth-order valence-electron chi connectivity index (χ4n) is 5.36. The molecule has 2 aromatic carbocycles. The molecule has 1 aliphatic carbocycles. The van der Waals surface area contributed by atoms with Crippen LogP contribution in [0.4, 0.5) is 0 Å². The van der Waals surface area contributed by atoms with Crippen LogP contribution in [-0.2, 0) is 6.54 Å². The molecular formula is C29H32N4O2. The zero-order valence-electron chi connectivity index (χ0n) is 20.2. The molecular weight excluding hydrogens is 436 g/mol. The third-order valence-electron chi connectivity index (χ3n) is 7.11. The minimum atomic E-state index is -0.311. The molecule has 0 aliphatic heterocycles. The number of hydrogen-bond acceptors (Lipinski definition) is 3. The van der Waals surface area contributed by atoms with Crippen LogP contribution < -0.4 is 5.56 Å². The van der Waals surface area contributed by atoms with Crippen LogP contribution in [0.2, 0.25) is 0 Å². The summed E-state index contributed by atoms with van der Waals surface area (Å²) in [5.41, 5.74) is 2.16. The number of carbonyl (C=O) groups is 1. The molecule has 4 aromatic rings. The summed E-state index contributed by atoms with van der Waals surface area (Å²) in [6, 6.07) is 22.9. The zero-order valence-corrected chi connectivity index (χ0v) is 20.2. The van der Waals surface area contributed by atoms with E-state index in [1.165, 1.54) is 6.42 Å². The monoisotopic (exact) mass is 468 g/mol. The second-order valence-corrected chi connectivity index (χ2v) is 9.37. The van der Waals surface area contributed by atoms with Crippen molar-refractivity contribution in [2.75, 3.05) is 0 Å². The largest absolute Gasteiger partial charge is 0.325 e. The minimum Gasteiger partial charge on any atom is -0.325 e. The summed E-state index contributed by atoms with van der Waals surface area (Å²) in [5, 5.41) is 4.94. The van der Waals surface area contributed by atoms with E-state index >= 15 is 0 Å². The molecule has 2 aromatic heterocycles. The smallest absolute Gasteiger partial charge is 0.278 e. The van der Waals surface area contributed by atoms with Crippen LogP contribution in [0.1, 0.15) is 73.2 Å². The van der Waals surface area contributed by atoms with E-state index in [1.807, 2.05) is 77.8 Å². The molecule has 0 spiro atoms. The highest BCUT2D eigenvalue weighted by Crippen LogP contribution is 2.33. The van der Waals surface area contributed by atoms with E-state index in [1.54, 1.807) is 15.1 Å². The summed E-state index contributed by atoms with van der Waals surface area (Å²) >= 11 is 0. The minimum absolute atomic E-state index is 0.0115. The second kappa shape index (κ2) is 10.3. The standard InChI is InChI=1S/C29H32N4O2/c1-2-25(33(24-17-10-5-11-18-24)28(34)23-15-8-4-9-16-23)27-30-32-20-12-19-26(32)29(35)31(27)21-22-13-6-3-7-14-22/h3-4,6-9,12-16,19-20,24-25H,2,5,10-11,17-18,21H2,1H3. The lowest BCUT2D eigenvalue weighted by Gasteiger charge is -2.40. The Balaban J connectivity index is 1.66. The first-order chi connectivity index (χ1) is 17.2. The summed E-state index contributed by atoms with van der Waals surface area (Å²) in [5.74, 6) is 0.650. The predicted octanol–water partition coefficient (Wildman–Crippen LogP) is 5.47. The average Bonchev–Trinajstić information content (AvgIpc) is 3.39. The lowest BCUT2D eigenvalue weighted by Crippen LogP contribution is -2.46. The van der Waals surface area contributed by atoms with Crippen molar-refractivity contribution in [1.82, 2.24) is 19.1 Å². The van der Waals surface area contributed by atoms with Gasteiger partial charge < -0.3 is 4.90 Å². The Morgan fingerprint density at radius 1 is 0.971 bits per heavy atom. The molecule has 6 nitrogen and oxygen atoms in total. The number of fused-ring (bicyclic) bond motifs is 1. The van der Waals surface area contributed by atoms with Crippen molar-refractivity contribution in [1.29, 1.82) is 0 Å². The van der Waals surface area contributed by atoms with Gasteiger partial charge in [0.1, 0.15) is 5.52 Å². The normalized spacial score (nSPS) is 15.2. The first-order valence-electron chi connectivity index (χ1n) is 12.7. The maximum Gasteiger partial charge on any atom is 0.278 e. The van der Waals surface area contributed by atoms with Gasteiger partial charge in [0.15, 0.2) is 5.82 Å². The van der Waals surface area contributed by atoms with Crippen LogP contribution in [0.3, 0.4) is 0 Å². The van der Waals surface area contributed by atoms with Crippen LogP contribution >= 0.6 is 0 Å². The van der Waals surface area contributed by atoms with Crippen molar-refractivity contribution < 1.29 is 4.79 Å². The highest BCUT2D eigenvalue weighted by molar-refractivity contribution is 5.94. The van der Waals surface area contributed by atoms with Gasteiger partial charge in [-0.2, -0.15) is 5.10 Å². The van der Waals surface area contributed by atoms with Gasteiger partial charge in [-0.15, -0.1) is 0 Å². The Kier molecular flexibility index (Phi) is 6.80. The quantitative estimate of drug-likeness (QED) is 0.361. The Bertz CT molecular complexity index is 1340. The van der Waals surface area contributed by atoms with E-state index in [4.69, 9.17) is 5.10 Å². The van der Waals surface area contributed by atoms with Crippen molar-refractivity contribution in [3.63, 3.8) is 0 Å². The first kappa shape index (κ1) is 23.1. The van der Waals surface area contributed by atoms with E-state index in [-0.39, 0.29) is 23.6 Å². The summed E-state index contributed by atoms with van der Waals surface area (Å²) in [4.78, 5) is 29.7. The fraction of sp³-hybridized carbons (Fsp3) is 0.345. The lowest BCUT2D eigenvalue weighted by molar-refractivity contribution is 0.0477. The Morgan fingerprint density at radius 2 is 1.66 bits per heavy atom. The van der Waals surface area contributed by atoms with E-state index in [0.29, 0.717) is 29.9 Å². The van der Waals surface area contributed by atoms with Crippen LogP contribution in [0.15, 0.2) is 83.8 Å². The SMILES string of the molecule is CCC(c1nn2cccc2c(=O)n1Cc1ccccc1)N(C(=O)c1ccccc1)C1CCCCC1. The third-order valence-corrected chi connectivity index (χ3v) is 7.11. The number of benzene rings is 2. The molecule has 0 radical (unpaired) electrons. The zero-order chi connectivity index (χ0) is 24.2. The van der Waals surface area contributed by atoms with E-state index in [2.05, 4.69) is 6.92 Å². The van der Waals surface area contributed by atoms with Crippen LogP contribution in [0, 0.1) is 0 Å². The van der Waals surface area contributed by atoms with E-state index < -0.39 is 0 Å². The van der Waals surface area contributed by atoms with Gasteiger partial charge in [-0.1, -0.05) is 74.7 Å². The predicted molar refractivity (Wildman–Crippen MR) is 138 cm³/mol. The van der Waals surface area contributed by atoms with Gasteiger partial charge in [0.2, 0.25) is 0 Å². The molecule has 1 aliphatic rings. The van der Waals surface area contributed by atoms with Crippen molar-refractivity contribution in [3.8, 4) is 0 Å². The summed E-state index contributed by atoms with van der Waals surface area (Å²) < 4.78 is 3.43. The topological polar surface area (TPSA) is 59.6 Å². The number of rotatable bonds is 7. The van der Waals surface area contributed by atoms with Crippen molar-refractivity contribution >= 4 is 11.4 Å². The number of aromatic nitrogens is 3. The van der Waals surface area contributed by atoms with E-state index in [9.17, 15) is 9.59 Å². The first-order valence-corrected chi connectivity index (χ1v) is 12.7. The van der Waals surface area contributed by atoms with Gasteiger partial charge >= 0.3 is 0 Å². The maximum absolute atomic E-state index is 14.0. The molecule has 1 fully saturated rings. The molecule has 1 atom stereocenters. The average molecular weight is 469 g/mol. The molecule has 35 heavy (non-hydrogen) atoms. The van der Waals surface area contributed by atoms with Crippen molar-refractivity contribution in [2.24, 2.45) is 0 Å². The molecule has 1 amide bonds. The molecule has 0 saturated heterocycles. The fourth-order valence-corrected chi connectivity index (χ4v) is 5.36. The lowest BCUT2D eigenvalue weighted by atomic mass is 9.91. The Morgan fingerprint density at radius 3 is 2.34 bits per heavy atom.